The molecule has 1 saturated carbocycles. The minimum Gasteiger partial charge on any atom is -0.463 e. The highest BCUT2D eigenvalue weighted by Gasteiger charge is 2.23. The molecule has 24 heavy (non-hydrogen) atoms. The average Bonchev–Trinajstić information content (AvgIpc) is 2.56. The third kappa shape index (κ3) is 4.15. The lowest BCUT2D eigenvalue weighted by Crippen LogP contribution is -2.31. The van der Waals surface area contributed by atoms with Crippen LogP contribution in [0.1, 0.15) is 32.6 Å². The molecule has 8 heteroatoms. The van der Waals surface area contributed by atoms with Gasteiger partial charge in [0.2, 0.25) is 5.95 Å². The van der Waals surface area contributed by atoms with Gasteiger partial charge in [-0.05, 0) is 31.7 Å². The molecule has 2 aromatic rings. The van der Waals surface area contributed by atoms with Crippen molar-refractivity contribution in [3.63, 3.8) is 0 Å². The van der Waals surface area contributed by atoms with Crippen LogP contribution >= 0.6 is 0 Å². The fourth-order valence-electron chi connectivity index (χ4n) is 2.80. The minimum atomic E-state index is -0.230. The van der Waals surface area contributed by atoms with E-state index in [1.54, 1.807) is 12.3 Å². The summed E-state index contributed by atoms with van der Waals surface area (Å²) < 4.78 is 5.24. The van der Waals surface area contributed by atoms with Crippen molar-refractivity contribution in [3.8, 4) is 11.5 Å². The van der Waals surface area contributed by atoms with Crippen molar-refractivity contribution in [1.82, 2.24) is 19.9 Å². The number of rotatable bonds is 4. The average molecular weight is 329 g/mol. The van der Waals surface area contributed by atoms with Gasteiger partial charge in [-0.2, -0.15) is 0 Å². The maximum Gasteiger partial charge on any atom is 0.302 e. The standard InChI is InChI=1S/C16H19N5O3/c1-10(22)24-12-4-2-11(3-5-12)19-16-18-8-6-13(20-16)15-17-9-7-14(23)21-15/h6-9,11-12H,2-5H2,1H3,(H,17,21,23)(H,18,19,20). The molecule has 0 atom stereocenters. The highest BCUT2D eigenvalue weighted by molar-refractivity contribution is 5.66. The SMILES string of the molecule is CC(=O)OC1CCC(Nc2nccc(-c3nccc(=O)[nH]3)n2)CC1. The van der Waals surface area contributed by atoms with Crippen molar-refractivity contribution >= 4 is 11.9 Å². The first-order chi connectivity index (χ1) is 11.6. The van der Waals surface area contributed by atoms with Gasteiger partial charge in [-0.15, -0.1) is 0 Å². The Morgan fingerprint density at radius 3 is 2.67 bits per heavy atom. The van der Waals surface area contributed by atoms with E-state index in [9.17, 15) is 9.59 Å². The molecule has 0 bridgehead atoms. The second kappa shape index (κ2) is 7.20. The molecular formula is C16H19N5O3. The molecule has 126 valence electrons. The number of H-pyrrole nitrogens is 1. The molecule has 0 unspecified atom stereocenters. The number of carbonyl (C=O) groups is 1. The number of hydrogen-bond donors (Lipinski definition) is 2. The number of nitrogens with one attached hydrogen (secondary N) is 2. The lowest BCUT2D eigenvalue weighted by Gasteiger charge is -2.28. The van der Waals surface area contributed by atoms with Gasteiger partial charge < -0.3 is 15.0 Å². The normalized spacial score (nSPS) is 20.4. The van der Waals surface area contributed by atoms with Gasteiger partial charge >= 0.3 is 5.97 Å². The van der Waals surface area contributed by atoms with Gasteiger partial charge in [-0.25, -0.2) is 15.0 Å². The van der Waals surface area contributed by atoms with Crippen molar-refractivity contribution in [1.29, 1.82) is 0 Å². The van der Waals surface area contributed by atoms with Gasteiger partial charge in [-0.3, -0.25) is 9.59 Å². The summed E-state index contributed by atoms with van der Waals surface area (Å²) >= 11 is 0. The Bertz CT molecular complexity index is 768. The summed E-state index contributed by atoms with van der Waals surface area (Å²) in [5, 5.41) is 3.30. The molecular weight excluding hydrogens is 310 g/mol. The van der Waals surface area contributed by atoms with E-state index in [4.69, 9.17) is 4.74 Å². The lowest BCUT2D eigenvalue weighted by molar-refractivity contribution is -0.147. The molecule has 0 spiro atoms. The van der Waals surface area contributed by atoms with Gasteiger partial charge in [0.1, 0.15) is 11.8 Å². The van der Waals surface area contributed by atoms with Crippen LogP contribution in [0.2, 0.25) is 0 Å². The summed E-state index contributed by atoms with van der Waals surface area (Å²) in [6.07, 6.45) is 6.49. The van der Waals surface area contributed by atoms with E-state index < -0.39 is 0 Å². The summed E-state index contributed by atoms with van der Waals surface area (Å²) in [5.74, 6) is 0.674. The number of aromatic amines is 1. The zero-order valence-electron chi connectivity index (χ0n) is 13.4. The van der Waals surface area contributed by atoms with E-state index in [0.29, 0.717) is 17.5 Å². The van der Waals surface area contributed by atoms with Crippen LogP contribution < -0.4 is 10.9 Å². The smallest absolute Gasteiger partial charge is 0.302 e. The Labute approximate surface area is 138 Å². The third-order valence-electron chi connectivity index (χ3n) is 3.91. The molecule has 2 heterocycles. The number of aromatic nitrogens is 4. The maximum absolute atomic E-state index is 11.4. The largest absolute Gasteiger partial charge is 0.463 e. The Morgan fingerprint density at radius 2 is 1.96 bits per heavy atom. The molecule has 1 fully saturated rings. The van der Waals surface area contributed by atoms with Crippen molar-refractivity contribution in [2.24, 2.45) is 0 Å². The molecule has 8 nitrogen and oxygen atoms in total. The minimum absolute atomic E-state index is 0.00592. The zero-order valence-corrected chi connectivity index (χ0v) is 13.4. The second-order valence-corrected chi connectivity index (χ2v) is 5.78. The molecule has 0 radical (unpaired) electrons. The summed E-state index contributed by atoms with van der Waals surface area (Å²) in [5.41, 5.74) is 0.329. The number of ether oxygens (including phenoxy) is 1. The Hall–Kier alpha value is -2.77. The van der Waals surface area contributed by atoms with Gasteiger partial charge in [-0.1, -0.05) is 0 Å². The van der Waals surface area contributed by atoms with E-state index in [-0.39, 0.29) is 23.7 Å². The first-order valence-electron chi connectivity index (χ1n) is 7.92. The number of nitrogens with zero attached hydrogens (tertiary/aromatic N) is 3. The first kappa shape index (κ1) is 16.1. The summed E-state index contributed by atoms with van der Waals surface area (Å²) in [6, 6.07) is 3.28. The molecule has 0 amide bonds. The van der Waals surface area contributed by atoms with Crippen molar-refractivity contribution in [2.45, 2.75) is 44.8 Å². The molecule has 1 aliphatic rings. The Morgan fingerprint density at radius 1 is 1.21 bits per heavy atom. The molecule has 3 rings (SSSR count). The van der Waals surface area contributed by atoms with E-state index in [1.807, 2.05) is 0 Å². The van der Waals surface area contributed by atoms with E-state index in [1.165, 1.54) is 19.2 Å². The predicted molar refractivity (Wildman–Crippen MR) is 87.3 cm³/mol. The van der Waals surface area contributed by atoms with Crippen LogP contribution in [0.5, 0.6) is 0 Å². The zero-order chi connectivity index (χ0) is 16.9. The van der Waals surface area contributed by atoms with Gasteiger partial charge in [0.05, 0.1) is 0 Å². The molecule has 0 aromatic carbocycles. The molecule has 0 saturated heterocycles. The van der Waals surface area contributed by atoms with Crippen LogP contribution in [0.4, 0.5) is 5.95 Å². The molecule has 2 N–H and O–H groups in total. The number of esters is 1. The van der Waals surface area contributed by atoms with Crippen molar-refractivity contribution in [3.05, 3.63) is 34.9 Å². The van der Waals surface area contributed by atoms with Gasteiger partial charge in [0.15, 0.2) is 5.82 Å². The highest BCUT2D eigenvalue weighted by atomic mass is 16.5. The number of anilines is 1. The van der Waals surface area contributed by atoms with Crippen LogP contribution in [-0.4, -0.2) is 38.1 Å². The predicted octanol–water partition coefficient (Wildman–Crippen LogP) is 1.51. The Balaban J connectivity index is 1.63. The maximum atomic E-state index is 11.4. The van der Waals surface area contributed by atoms with E-state index in [2.05, 4.69) is 25.3 Å². The number of hydrogen-bond acceptors (Lipinski definition) is 7. The van der Waals surface area contributed by atoms with Crippen LogP contribution in [0, 0.1) is 0 Å². The van der Waals surface area contributed by atoms with Crippen molar-refractivity contribution < 1.29 is 9.53 Å². The van der Waals surface area contributed by atoms with Gasteiger partial charge in [0, 0.05) is 31.4 Å². The monoisotopic (exact) mass is 329 g/mol. The van der Waals surface area contributed by atoms with E-state index in [0.717, 1.165) is 25.7 Å². The first-order valence-corrected chi connectivity index (χ1v) is 7.92. The van der Waals surface area contributed by atoms with Crippen LogP contribution in [-0.2, 0) is 9.53 Å². The van der Waals surface area contributed by atoms with Gasteiger partial charge in [0.25, 0.3) is 5.56 Å². The molecule has 0 aliphatic heterocycles. The van der Waals surface area contributed by atoms with Crippen LogP contribution in [0.15, 0.2) is 29.3 Å². The van der Waals surface area contributed by atoms with Crippen LogP contribution in [0.25, 0.3) is 11.5 Å². The number of carbonyl (C=O) groups excluding carboxylic acids is 1. The summed E-state index contributed by atoms with van der Waals surface area (Å²) in [7, 11) is 0. The topological polar surface area (TPSA) is 110 Å². The highest BCUT2D eigenvalue weighted by Crippen LogP contribution is 2.23. The fourth-order valence-corrected chi connectivity index (χ4v) is 2.80. The fraction of sp³-hybridized carbons (Fsp3) is 0.438. The molecule has 2 aromatic heterocycles. The van der Waals surface area contributed by atoms with Crippen LogP contribution in [0.3, 0.4) is 0 Å². The molecule has 1 aliphatic carbocycles. The van der Waals surface area contributed by atoms with Crippen molar-refractivity contribution in [2.75, 3.05) is 5.32 Å². The summed E-state index contributed by atoms with van der Waals surface area (Å²) in [4.78, 5) is 37.8. The quantitative estimate of drug-likeness (QED) is 0.818. The lowest BCUT2D eigenvalue weighted by atomic mass is 9.93. The Kier molecular flexibility index (Phi) is 4.83. The summed E-state index contributed by atoms with van der Waals surface area (Å²) in [6.45, 7) is 1.44. The van der Waals surface area contributed by atoms with E-state index >= 15 is 0 Å². The third-order valence-corrected chi connectivity index (χ3v) is 3.91. The second-order valence-electron chi connectivity index (χ2n) is 5.78.